The third kappa shape index (κ3) is 2.43. The van der Waals surface area contributed by atoms with Crippen molar-refractivity contribution in [1.82, 2.24) is 4.98 Å². The number of anilines is 1. The average molecular weight is 410 g/mol. The van der Waals surface area contributed by atoms with Gasteiger partial charge in [-0.2, -0.15) is 0 Å². The van der Waals surface area contributed by atoms with Crippen LogP contribution < -0.4 is 5.32 Å². The molecule has 2 aromatic carbocycles. The van der Waals surface area contributed by atoms with Gasteiger partial charge >= 0.3 is 0 Å². The molecule has 31 heavy (non-hydrogen) atoms. The molecule has 0 unspecified atom stereocenters. The minimum absolute atomic E-state index is 0.0112. The first-order valence-electron chi connectivity index (χ1n) is 9.47. The molecule has 0 fully saturated rings. The van der Waals surface area contributed by atoms with Crippen LogP contribution in [0.4, 0.5) is 5.82 Å². The molecule has 0 saturated carbocycles. The van der Waals surface area contributed by atoms with Crippen molar-refractivity contribution in [2.45, 2.75) is 5.54 Å². The van der Waals surface area contributed by atoms with E-state index in [4.69, 9.17) is 0 Å². The van der Waals surface area contributed by atoms with Gasteiger partial charge in [0.25, 0.3) is 0 Å². The lowest BCUT2D eigenvalue weighted by Gasteiger charge is -2.32. The van der Waals surface area contributed by atoms with E-state index in [-0.39, 0.29) is 28.1 Å². The van der Waals surface area contributed by atoms with Gasteiger partial charge in [0.1, 0.15) is 11.6 Å². The Labute approximate surface area is 176 Å². The number of aromatic nitrogens is 1. The molecule has 2 N–H and O–H groups in total. The maximum absolute atomic E-state index is 13.6. The summed E-state index contributed by atoms with van der Waals surface area (Å²) in [5.41, 5.74) is -2.63. The number of Topliss-reactive ketones (excluding diaryl/α,β-unsaturated/α-hetero) is 4. The summed E-state index contributed by atoms with van der Waals surface area (Å²) in [7, 11) is 0. The van der Waals surface area contributed by atoms with Gasteiger partial charge in [-0.25, -0.2) is 4.98 Å². The predicted molar refractivity (Wildman–Crippen MR) is 111 cm³/mol. The van der Waals surface area contributed by atoms with E-state index in [1.807, 2.05) is 0 Å². The molecule has 1 heterocycles. The Hall–Kier alpha value is -4.39. The lowest BCUT2D eigenvalue weighted by Crippen LogP contribution is -2.55. The molecule has 0 radical (unpaired) electrons. The molecule has 0 atom stereocenters. The maximum atomic E-state index is 13.6. The lowest BCUT2D eigenvalue weighted by atomic mass is 9.75. The standard InChI is InChI=1S/C24H14N2O5/c27-19-13-7-1-2-8-14(13)20(28)21(29)18(19)24(26-17-11-5-6-12-25-17)22(30)15-9-3-4-10-16(15)23(24)31/h1-12,27H,(H,25,26). The van der Waals surface area contributed by atoms with Crippen molar-refractivity contribution in [3.05, 3.63) is 101 Å². The molecule has 2 aliphatic carbocycles. The SMILES string of the molecule is O=C1C(=O)c2ccccc2C(O)=C1C1(Nc2ccccn2)C(=O)c2ccccc2C1=O. The highest BCUT2D eigenvalue weighted by atomic mass is 16.3. The molecule has 1 aromatic heterocycles. The van der Waals surface area contributed by atoms with Crippen LogP contribution >= 0.6 is 0 Å². The van der Waals surface area contributed by atoms with Crippen molar-refractivity contribution in [3.8, 4) is 0 Å². The van der Waals surface area contributed by atoms with Crippen molar-refractivity contribution < 1.29 is 24.3 Å². The van der Waals surface area contributed by atoms with Crippen molar-refractivity contribution >= 4 is 34.7 Å². The molecule has 7 heteroatoms. The third-order valence-corrected chi connectivity index (χ3v) is 5.55. The van der Waals surface area contributed by atoms with E-state index < -0.39 is 40.0 Å². The zero-order valence-corrected chi connectivity index (χ0v) is 16.0. The average Bonchev–Trinajstić information content (AvgIpc) is 3.01. The first-order chi connectivity index (χ1) is 15.0. The number of carbonyl (C=O) groups is 4. The zero-order chi connectivity index (χ0) is 21.8. The van der Waals surface area contributed by atoms with Gasteiger partial charge in [-0.1, -0.05) is 54.6 Å². The Kier molecular flexibility index (Phi) is 3.94. The first-order valence-corrected chi connectivity index (χ1v) is 9.47. The molecule has 5 rings (SSSR count). The number of fused-ring (bicyclic) bond motifs is 2. The second-order valence-electron chi connectivity index (χ2n) is 7.22. The van der Waals surface area contributed by atoms with Gasteiger partial charge in [0.15, 0.2) is 5.54 Å². The number of rotatable bonds is 3. The molecule has 0 amide bonds. The number of hydrogen-bond donors (Lipinski definition) is 2. The summed E-state index contributed by atoms with van der Waals surface area (Å²) in [4.78, 5) is 57.4. The molecule has 0 bridgehead atoms. The van der Waals surface area contributed by atoms with Crippen LogP contribution in [0.3, 0.4) is 0 Å². The Balaban J connectivity index is 1.83. The molecule has 3 aromatic rings. The largest absolute Gasteiger partial charge is 0.507 e. The Bertz CT molecular complexity index is 1310. The number of carbonyl (C=O) groups excluding carboxylic acids is 4. The summed E-state index contributed by atoms with van der Waals surface area (Å²) >= 11 is 0. The summed E-state index contributed by atoms with van der Waals surface area (Å²) in [6.07, 6.45) is 1.45. The van der Waals surface area contributed by atoms with E-state index >= 15 is 0 Å². The summed E-state index contributed by atoms with van der Waals surface area (Å²) in [5.74, 6) is -3.94. The van der Waals surface area contributed by atoms with Crippen LogP contribution in [-0.4, -0.2) is 38.8 Å². The van der Waals surface area contributed by atoms with Crippen molar-refractivity contribution in [2.75, 3.05) is 5.32 Å². The third-order valence-electron chi connectivity index (χ3n) is 5.55. The van der Waals surface area contributed by atoms with Crippen molar-refractivity contribution in [2.24, 2.45) is 0 Å². The summed E-state index contributed by atoms with van der Waals surface area (Å²) in [6.45, 7) is 0. The molecule has 0 saturated heterocycles. The number of benzene rings is 2. The van der Waals surface area contributed by atoms with E-state index in [1.165, 1.54) is 36.5 Å². The summed E-state index contributed by atoms with van der Waals surface area (Å²) in [5, 5.41) is 13.9. The fourth-order valence-electron chi connectivity index (χ4n) is 4.13. The van der Waals surface area contributed by atoms with Crippen LogP contribution in [0.5, 0.6) is 0 Å². The molecule has 0 spiro atoms. The number of ketones is 4. The van der Waals surface area contributed by atoms with Gasteiger partial charge in [0.2, 0.25) is 23.1 Å². The first kappa shape index (κ1) is 18.6. The summed E-state index contributed by atoms with van der Waals surface area (Å²) in [6, 6.07) is 17.0. The fourth-order valence-corrected chi connectivity index (χ4v) is 4.13. The zero-order valence-electron chi connectivity index (χ0n) is 16.0. The van der Waals surface area contributed by atoms with E-state index in [9.17, 15) is 24.3 Å². The second-order valence-corrected chi connectivity index (χ2v) is 7.22. The molecule has 7 nitrogen and oxygen atoms in total. The van der Waals surface area contributed by atoms with Crippen molar-refractivity contribution in [3.63, 3.8) is 0 Å². The number of nitrogens with one attached hydrogen (secondary N) is 1. The predicted octanol–water partition coefficient (Wildman–Crippen LogP) is 3.05. The van der Waals surface area contributed by atoms with Crippen LogP contribution in [0, 0.1) is 0 Å². The van der Waals surface area contributed by atoms with Gasteiger partial charge in [0, 0.05) is 28.5 Å². The quantitative estimate of drug-likeness (QED) is 0.504. The topological polar surface area (TPSA) is 113 Å². The number of aliphatic hydroxyl groups is 1. The van der Waals surface area contributed by atoms with E-state index in [1.54, 1.807) is 36.4 Å². The highest BCUT2D eigenvalue weighted by Crippen LogP contribution is 2.43. The van der Waals surface area contributed by atoms with Gasteiger partial charge in [-0.05, 0) is 12.1 Å². The van der Waals surface area contributed by atoms with E-state index in [2.05, 4.69) is 10.3 Å². The van der Waals surface area contributed by atoms with Crippen LogP contribution in [0.2, 0.25) is 0 Å². The fraction of sp³-hybridized carbons (Fsp3) is 0.0417. The maximum Gasteiger partial charge on any atom is 0.236 e. The molecule has 2 aliphatic rings. The minimum Gasteiger partial charge on any atom is -0.507 e. The smallest absolute Gasteiger partial charge is 0.236 e. The Morgan fingerprint density at radius 1 is 0.677 bits per heavy atom. The van der Waals surface area contributed by atoms with Crippen LogP contribution in [0.25, 0.3) is 5.76 Å². The lowest BCUT2D eigenvalue weighted by molar-refractivity contribution is -0.112. The van der Waals surface area contributed by atoms with Crippen LogP contribution in [0.1, 0.15) is 36.6 Å². The highest BCUT2D eigenvalue weighted by molar-refractivity contribution is 6.56. The van der Waals surface area contributed by atoms with Gasteiger partial charge in [-0.3, -0.25) is 19.2 Å². The Morgan fingerprint density at radius 3 is 1.81 bits per heavy atom. The van der Waals surface area contributed by atoms with Crippen LogP contribution in [-0.2, 0) is 4.79 Å². The van der Waals surface area contributed by atoms with Crippen LogP contribution in [0.15, 0.2) is 78.5 Å². The Morgan fingerprint density at radius 2 is 1.23 bits per heavy atom. The van der Waals surface area contributed by atoms with Gasteiger partial charge in [-0.15, -0.1) is 0 Å². The highest BCUT2D eigenvalue weighted by Gasteiger charge is 2.60. The minimum atomic E-state index is -2.32. The molecule has 0 aliphatic heterocycles. The normalized spacial score (nSPS) is 16.9. The van der Waals surface area contributed by atoms with Gasteiger partial charge < -0.3 is 10.4 Å². The van der Waals surface area contributed by atoms with E-state index in [0.29, 0.717) is 0 Å². The second kappa shape index (κ2) is 6.56. The number of aliphatic hydroxyl groups excluding tert-OH is 1. The van der Waals surface area contributed by atoms with E-state index in [0.717, 1.165) is 0 Å². The monoisotopic (exact) mass is 410 g/mol. The molecular formula is C24H14N2O5. The van der Waals surface area contributed by atoms with Crippen molar-refractivity contribution in [1.29, 1.82) is 0 Å². The molecule has 150 valence electrons. The molecular weight excluding hydrogens is 396 g/mol. The number of hydrogen-bond acceptors (Lipinski definition) is 7. The van der Waals surface area contributed by atoms with Gasteiger partial charge in [0.05, 0.1) is 5.57 Å². The summed E-state index contributed by atoms with van der Waals surface area (Å²) < 4.78 is 0. The number of nitrogens with zero attached hydrogens (tertiary/aromatic N) is 1. The number of pyridine rings is 1.